The molecule has 0 radical (unpaired) electrons. The Bertz CT molecular complexity index is 600. The summed E-state index contributed by atoms with van der Waals surface area (Å²) in [6, 6.07) is 14.1. The quantitative estimate of drug-likeness (QED) is 0.936. The van der Waals surface area contributed by atoms with Crippen LogP contribution in [0.3, 0.4) is 0 Å². The van der Waals surface area contributed by atoms with Gasteiger partial charge in [-0.15, -0.1) is 0 Å². The maximum Gasteiger partial charge on any atom is 0.0853 e. The van der Waals surface area contributed by atoms with E-state index in [0.717, 1.165) is 0 Å². The molecule has 100 valence electrons. The van der Waals surface area contributed by atoms with E-state index < -0.39 is 16.4 Å². The lowest BCUT2D eigenvalue weighted by molar-refractivity contribution is 0.0756. The molecule has 0 amide bonds. The van der Waals surface area contributed by atoms with Crippen LogP contribution < -0.4 is 0 Å². The molecule has 2 aromatic carbocycles. The minimum absolute atomic E-state index is 0.608. The second-order valence-electron chi connectivity index (χ2n) is 4.78. The molecular weight excluding hydrogens is 280 g/mol. The summed E-state index contributed by atoms with van der Waals surface area (Å²) in [5.41, 5.74) is -0.359. The maximum absolute atomic E-state index is 12.6. The first-order valence-electron chi connectivity index (χ1n) is 5.89. The summed E-state index contributed by atoms with van der Waals surface area (Å²) >= 11 is 5.83. The fraction of sp³-hybridized carbons (Fsp3) is 0.200. The highest BCUT2D eigenvalue weighted by Gasteiger charge is 2.22. The van der Waals surface area contributed by atoms with Gasteiger partial charge in [0.1, 0.15) is 0 Å². The van der Waals surface area contributed by atoms with E-state index >= 15 is 0 Å². The predicted octanol–water partition coefficient (Wildman–Crippen LogP) is 3.73. The maximum atomic E-state index is 12.6. The molecule has 0 aliphatic carbocycles. The number of benzene rings is 2. The molecule has 0 saturated heterocycles. The lowest BCUT2D eigenvalue weighted by atomic mass is 9.99. The Hall–Kier alpha value is -1.16. The van der Waals surface area contributed by atoms with Crippen LogP contribution in [0.1, 0.15) is 19.4 Å². The molecule has 0 bridgehead atoms. The van der Waals surface area contributed by atoms with Crippen LogP contribution in [-0.4, -0.2) is 9.32 Å². The molecule has 1 N–H and O–H groups in total. The van der Waals surface area contributed by atoms with Crippen LogP contribution >= 0.6 is 11.6 Å². The van der Waals surface area contributed by atoms with Crippen LogP contribution in [-0.2, 0) is 16.4 Å². The van der Waals surface area contributed by atoms with E-state index in [-0.39, 0.29) is 0 Å². The summed E-state index contributed by atoms with van der Waals surface area (Å²) in [6.07, 6.45) is 0. The first kappa shape index (κ1) is 14.3. The van der Waals surface area contributed by atoms with E-state index in [1.54, 1.807) is 50.2 Å². The van der Waals surface area contributed by atoms with Crippen molar-refractivity contribution in [3.05, 3.63) is 59.1 Å². The van der Waals surface area contributed by atoms with Gasteiger partial charge >= 0.3 is 0 Å². The van der Waals surface area contributed by atoms with Crippen molar-refractivity contribution in [2.24, 2.45) is 0 Å². The second kappa shape index (κ2) is 5.45. The molecule has 0 aliphatic rings. The van der Waals surface area contributed by atoms with Gasteiger partial charge in [0.05, 0.1) is 16.4 Å². The Labute approximate surface area is 120 Å². The van der Waals surface area contributed by atoms with Crippen LogP contribution in [0, 0.1) is 0 Å². The zero-order valence-corrected chi connectivity index (χ0v) is 12.3. The monoisotopic (exact) mass is 294 g/mol. The third-order valence-electron chi connectivity index (χ3n) is 2.77. The van der Waals surface area contributed by atoms with Crippen molar-refractivity contribution in [2.45, 2.75) is 29.2 Å². The van der Waals surface area contributed by atoms with Gasteiger partial charge in [-0.3, -0.25) is 0 Å². The number of aliphatic hydroxyl groups is 1. The van der Waals surface area contributed by atoms with E-state index in [9.17, 15) is 9.32 Å². The highest BCUT2D eigenvalue weighted by atomic mass is 35.5. The predicted molar refractivity (Wildman–Crippen MR) is 77.8 cm³/mol. The lowest BCUT2D eigenvalue weighted by Crippen LogP contribution is -2.18. The van der Waals surface area contributed by atoms with Gasteiger partial charge in [0.15, 0.2) is 0 Å². The molecule has 0 spiro atoms. The van der Waals surface area contributed by atoms with E-state index in [0.29, 0.717) is 20.4 Å². The van der Waals surface area contributed by atoms with Gasteiger partial charge in [-0.1, -0.05) is 29.8 Å². The average Bonchev–Trinajstić information content (AvgIpc) is 2.38. The zero-order valence-electron chi connectivity index (χ0n) is 10.8. The highest BCUT2D eigenvalue weighted by Crippen LogP contribution is 2.28. The summed E-state index contributed by atoms with van der Waals surface area (Å²) in [6.45, 7) is 3.37. The molecule has 1 unspecified atom stereocenters. The van der Waals surface area contributed by atoms with E-state index in [1.165, 1.54) is 0 Å². The van der Waals surface area contributed by atoms with E-state index in [4.69, 9.17) is 11.6 Å². The molecule has 2 aromatic rings. The Morgan fingerprint density at radius 2 is 1.63 bits per heavy atom. The molecule has 19 heavy (non-hydrogen) atoms. The Morgan fingerprint density at radius 1 is 1.05 bits per heavy atom. The number of halogens is 1. The first-order valence-corrected chi connectivity index (χ1v) is 7.41. The van der Waals surface area contributed by atoms with Crippen molar-refractivity contribution in [2.75, 3.05) is 0 Å². The number of hydrogen-bond acceptors (Lipinski definition) is 2. The van der Waals surface area contributed by atoms with Crippen molar-refractivity contribution in [1.82, 2.24) is 0 Å². The second-order valence-corrected chi connectivity index (χ2v) is 6.66. The number of hydrogen-bond donors (Lipinski definition) is 1. The summed E-state index contributed by atoms with van der Waals surface area (Å²) in [7, 11) is -1.33. The summed E-state index contributed by atoms with van der Waals surface area (Å²) < 4.78 is 12.6. The van der Waals surface area contributed by atoms with Crippen LogP contribution in [0.5, 0.6) is 0 Å². The van der Waals surface area contributed by atoms with Gasteiger partial charge in [-0.25, -0.2) is 4.21 Å². The lowest BCUT2D eigenvalue weighted by Gasteiger charge is -2.21. The van der Waals surface area contributed by atoms with Crippen molar-refractivity contribution >= 4 is 22.4 Å². The van der Waals surface area contributed by atoms with Gasteiger partial charge in [-0.05, 0) is 49.7 Å². The molecule has 0 fully saturated rings. The summed E-state index contributed by atoms with van der Waals surface area (Å²) in [5.74, 6) is 0. The third kappa shape index (κ3) is 3.24. The first-order chi connectivity index (χ1) is 8.89. The van der Waals surface area contributed by atoms with Crippen LogP contribution in [0.2, 0.25) is 5.02 Å². The standard InChI is InChI=1S/C15H15ClO2S/c1-15(2,17)13-5-3-4-6-14(13)19(18)12-9-7-11(16)8-10-12/h3-10,17H,1-2H3. The van der Waals surface area contributed by atoms with Gasteiger partial charge in [-0.2, -0.15) is 0 Å². The van der Waals surface area contributed by atoms with E-state index in [1.807, 2.05) is 12.1 Å². The van der Waals surface area contributed by atoms with Crippen LogP contribution in [0.4, 0.5) is 0 Å². The molecule has 4 heteroatoms. The van der Waals surface area contributed by atoms with E-state index in [2.05, 4.69) is 0 Å². The van der Waals surface area contributed by atoms with Crippen molar-refractivity contribution < 1.29 is 9.32 Å². The smallest absolute Gasteiger partial charge is 0.0853 e. The molecule has 0 aromatic heterocycles. The largest absolute Gasteiger partial charge is 0.386 e. The topological polar surface area (TPSA) is 37.3 Å². The fourth-order valence-electron chi connectivity index (χ4n) is 1.82. The van der Waals surface area contributed by atoms with Gasteiger partial charge in [0.25, 0.3) is 0 Å². The minimum Gasteiger partial charge on any atom is -0.386 e. The Balaban J connectivity index is 2.48. The van der Waals surface area contributed by atoms with Crippen LogP contribution in [0.15, 0.2) is 58.3 Å². The molecule has 0 heterocycles. The normalized spacial score (nSPS) is 13.3. The SMILES string of the molecule is CC(C)(O)c1ccccc1S(=O)c1ccc(Cl)cc1. The zero-order chi connectivity index (χ0) is 14.0. The summed E-state index contributed by atoms with van der Waals surface area (Å²) in [5, 5.41) is 10.8. The van der Waals surface area contributed by atoms with Gasteiger partial charge in [0.2, 0.25) is 0 Å². The Morgan fingerprint density at radius 3 is 2.21 bits per heavy atom. The highest BCUT2D eigenvalue weighted by molar-refractivity contribution is 7.85. The van der Waals surface area contributed by atoms with Crippen molar-refractivity contribution in [3.63, 3.8) is 0 Å². The number of rotatable bonds is 3. The third-order valence-corrected chi connectivity index (χ3v) is 4.48. The molecule has 0 aliphatic heterocycles. The molecule has 0 saturated carbocycles. The van der Waals surface area contributed by atoms with Gasteiger partial charge in [0, 0.05) is 14.8 Å². The molecule has 1 atom stereocenters. The van der Waals surface area contributed by atoms with Crippen molar-refractivity contribution in [3.8, 4) is 0 Å². The minimum atomic E-state index is -1.33. The molecule has 2 nitrogen and oxygen atoms in total. The average molecular weight is 295 g/mol. The van der Waals surface area contributed by atoms with Crippen LogP contribution in [0.25, 0.3) is 0 Å². The molecular formula is C15H15ClO2S. The Kier molecular flexibility index (Phi) is 4.09. The van der Waals surface area contributed by atoms with Crippen molar-refractivity contribution in [1.29, 1.82) is 0 Å². The van der Waals surface area contributed by atoms with Gasteiger partial charge < -0.3 is 5.11 Å². The molecule has 2 rings (SSSR count). The fourth-order valence-corrected chi connectivity index (χ4v) is 3.30. The summed E-state index contributed by atoms with van der Waals surface area (Å²) in [4.78, 5) is 1.29.